The zero-order valence-electron chi connectivity index (χ0n) is 13.2. The molecule has 0 amide bonds. The number of aromatic hydroxyl groups is 1. The second-order valence-corrected chi connectivity index (χ2v) is 4.98. The molecule has 0 aromatic heterocycles. The number of carboxylic acids is 1. The molecule has 2 aromatic carbocycles. The number of hydrogen-bond donors (Lipinski definition) is 2. The van der Waals surface area contributed by atoms with Gasteiger partial charge in [0.15, 0.2) is 11.5 Å². The summed E-state index contributed by atoms with van der Waals surface area (Å²) in [4.78, 5) is 11.6. The zero-order chi connectivity index (χ0) is 17.0. The quantitative estimate of drug-likeness (QED) is 0.654. The van der Waals surface area contributed by atoms with E-state index in [-0.39, 0.29) is 11.3 Å². The van der Waals surface area contributed by atoms with Crippen LogP contribution in [0.15, 0.2) is 36.4 Å². The van der Waals surface area contributed by atoms with Gasteiger partial charge >= 0.3 is 5.97 Å². The van der Waals surface area contributed by atoms with Crippen molar-refractivity contribution >= 4 is 17.6 Å². The van der Waals surface area contributed by atoms with Crippen LogP contribution in [-0.2, 0) is 4.79 Å². The summed E-state index contributed by atoms with van der Waals surface area (Å²) in [5, 5.41) is 19.3. The smallest absolute Gasteiger partial charge is 0.336 e. The molecule has 5 nitrogen and oxygen atoms in total. The van der Waals surface area contributed by atoms with Gasteiger partial charge in [0, 0.05) is 0 Å². The van der Waals surface area contributed by atoms with E-state index in [4.69, 9.17) is 9.47 Å². The van der Waals surface area contributed by atoms with Gasteiger partial charge in [-0.05, 0) is 54.0 Å². The van der Waals surface area contributed by atoms with Crippen molar-refractivity contribution in [3.05, 3.63) is 53.1 Å². The Morgan fingerprint density at radius 1 is 1.09 bits per heavy atom. The Kier molecular flexibility index (Phi) is 4.91. The van der Waals surface area contributed by atoms with E-state index >= 15 is 0 Å². The molecule has 0 spiro atoms. The number of carboxylic acid groups (broad SMARTS) is 1. The van der Waals surface area contributed by atoms with Gasteiger partial charge in [0.05, 0.1) is 19.8 Å². The molecule has 0 radical (unpaired) electrons. The number of ether oxygens (including phenoxy) is 2. The summed E-state index contributed by atoms with van der Waals surface area (Å²) < 4.78 is 10.2. The van der Waals surface area contributed by atoms with Crippen molar-refractivity contribution in [3.63, 3.8) is 0 Å². The van der Waals surface area contributed by atoms with E-state index in [9.17, 15) is 15.0 Å². The minimum absolute atomic E-state index is 0.0472. The second-order valence-electron chi connectivity index (χ2n) is 4.98. The maximum Gasteiger partial charge on any atom is 0.336 e. The first-order valence-corrected chi connectivity index (χ1v) is 6.93. The highest BCUT2D eigenvalue weighted by Crippen LogP contribution is 2.32. The van der Waals surface area contributed by atoms with Gasteiger partial charge in [-0.25, -0.2) is 4.79 Å². The summed E-state index contributed by atoms with van der Waals surface area (Å²) >= 11 is 0. The predicted octanol–water partition coefficient (Wildman–Crippen LogP) is 3.34. The van der Waals surface area contributed by atoms with Crippen molar-refractivity contribution in [1.82, 2.24) is 0 Å². The van der Waals surface area contributed by atoms with E-state index in [1.165, 1.54) is 7.11 Å². The fraction of sp³-hybridized carbons (Fsp3) is 0.167. The third-order valence-corrected chi connectivity index (χ3v) is 3.45. The number of phenolic OH excluding ortho intramolecular Hbond substituents is 1. The molecule has 0 bridgehead atoms. The molecule has 0 saturated carbocycles. The Hall–Kier alpha value is -2.95. The number of hydrogen-bond acceptors (Lipinski definition) is 4. The SMILES string of the molecule is COc1ccc(/C(=C\c2cc(C)c(O)c(OC)c2)C(=O)O)cc1. The van der Waals surface area contributed by atoms with Gasteiger partial charge in [-0.2, -0.15) is 0 Å². The topological polar surface area (TPSA) is 76.0 Å². The maximum absolute atomic E-state index is 11.6. The lowest BCUT2D eigenvalue weighted by Gasteiger charge is -2.09. The van der Waals surface area contributed by atoms with Crippen molar-refractivity contribution in [2.45, 2.75) is 6.92 Å². The van der Waals surface area contributed by atoms with Crippen LogP contribution in [0.5, 0.6) is 17.2 Å². The number of aliphatic carboxylic acids is 1. The molecule has 2 N–H and O–H groups in total. The lowest BCUT2D eigenvalue weighted by atomic mass is 10.0. The highest BCUT2D eigenvalue weighted by atomic mass is 16.5. The maximum atomic E-state index is 11.6. The molecule has 0 atom stereocenters. The first-order chi connectivity index (χ1) is 11.0. The monoisotopic (exact) mass is 314 g/mol. The van der Waals surface area contributed by atoms with E-state index in [2.05, 4.69) is 0 Å². The molecule has 23 heavy (non-hydrogen) atoms. The van der Waals surface area contributed by atoms with Crippen LogP contribution < -0.4 is 9.47 Å². The van der Waals surface area contributed by atoms with Gasteiger partial charge in [-0.3, -0.25) is 0 Å². The summed E-state index contributed by atoms with van der Waals surface area (Å²) in [6.45, 7) is 1.73. The normalized spacial score (nSPS) is 11.2. The van der Waals surface area contributed by atoms with Crippen molar-refractivity contribution in [2.24, 2.45) is 0 Å². The third-order valence-electron chi connectivity index (χ3n) is 3.45. The van der Waals surface area contributed by atoms with E-state index < -0.39 is 5.97 Å². The molecule has 0 aliphatic carbocycles. The Labute approximate surface area is 134 Å². The summed E-state index contributed by atoms with van der Waals surface area (Å²) in [5.74, 6) is -0.0396. The van der Waals surface area contributed by atoms with Crippen molar-refractivity contribution in [1.29, 1.82) is 0 Å². The number of carbonyl (C=O) groups is 1. The van der Waals surface area contributed by atoms with Crippen LogP contribution in [0.1, 0.15) is 16.7 Å². The van der Waals surface area contributed by atoms with Gasteiger partial charge in [0.2, 0.25) is 0 Å². The molecular formula is C18H18O5. The van der Waals surface area contributed by atoms with Gasteiger partial charge in [-0.15, -0.1) is 0 Å². The average Bonchev–Trinajstić information content (AvgIpc) is 2.55. The zero-order valence-corrected chi connectivity index (χ0v) is 13.2. The standard InChI is InChI=1S/C18H18O5/c1-11-8-12(10-16(23-3)17(11)19)9-15(18(20)21)13-4-6-14(22-2)7-5-13/h4-10,19H,1-3H3,(H,20,21)/b15-9+. The van der Waals surface area contributed by atoms with Crippen LogP contribution in [-0.4, -0.2) is 30.4 Å². The summed E-state index contributed by atoms with van der Waals surface area (Å²) in [5.41, 5.74) is 1.93. The molecule has 2 rings (SSSR count). The molecule has 0 aliphatic rings. The minimum atomic E-state index is -1.04. The van der Waals surface area contributed by atoms with Crippen LogP contribution in [0.4, 0.5) is 0 Å². The molecule has 120 valence electrons. The molecule has 0 heterocycles. The van der Waals surface area contributed by atoms with Crippen molar-refractivity contribution in [2.75, 3.05) is 14.2 Å². The van der Waals surface area contributed by atoms with E-state index in [0.717, 1.165) is 0 Å². The fourth-order valence-electron chi connectivity index (χ4n) is 2.22. The van der Waals surface area contributed by atoms with E-state index in [0.29, 0.717) is 28.2 Å². The van der Waals surface area contributed by atoms with Gasteiger partial charge in [0.1, 0.15) is 5.75 Å². The Balaban J connectivity index is 2.50. The van der Waals surface area contributed by atoms with Crippen molar-refractivity contribution < 1.29 is 24.5 Å². The highest BCUT2D eigenvalue weighted by molar-refractivity contribution is 6.20. The molecule has 0 fully saturated rings. The minimum Gasteiger partial charge on any atom is -0.504 e. The average molecular weight is 314 g/mol. The van der Waals surface area contributed by atoms with Crippen LogP contribution in [0.25, 0.3) is 11.6 Å². The number of benzene rings is 2. The molecule has 0 unspecified atom stereocenters. The first kappa shape index (κ1) is 16.4. The molecule has 5 heteroatoms. The van der Waals surface area contributed by atoms with Crippen LogP contribution >= 0.6 is 0 Å². The van der Waals surface area contributed by atoms with Crippen molar-refractivity contribution in [3.8, 4) is 17.2 Å². The second kappa shape index (κ2) is 6.87. The Morgan fingerprint density at radius 2 is 1.74 bits per heavy atom. The van der Waals surface area contributed by atoms with Crippen LogP contribution in [0, 0.1) is 6.92 Å². The lowest BCUT2D eigenvalue weighted by Crippen LogP contribution is -2.00. The number of rotatable bonds is 5. The largest absolute Gasteiger partial charge is 0.504 e. The lowest BCUT2D eigenvalue weighted by molar-refractivity contribution is -0.130. The predicted molar refractivity (Wildman–Crippen MR) is 87.9 cm³/mol. The van der Waals surface area contributed by atoms with E-state index in [1.807, 2.05) is 0 Å². The van der Waals surface area contributed by atoms with Crippen LogP contribution in [0.3, 0.4) is 0 Å². The molecule has 0 saturated heterocycles. The van der Waals surface area contributed by atoms with Gasteiger partial charge < -0.3 is 19.7 Å². The van der Waals surface area contributed by atoms with Crippen LogP contribution in [0.2, 0.25) is 0 Å². The molecular weight excluding hydrogens is 296 g/mol. The van der Waals surface area contributed by atoms with E-state index in [1.54, 1.807) is 56.5 Å². The Morgan fingerprint density at radius 3 is 2.26 bits per heavy atom. The molecule has 0 aliphatic heterocycles. The highest BCUT2D eigenvalue weighted by Gasteiger charge is 2.13. The molecule has 2 aromatic rings. The van der Waals surface area contributed by atoms with Gasteiger partial charge in [0.25, 0.3) is 0 Å². The Bertz CT molecular complexity index is 745. The number of methoxy groups -OCH3 is 2. The first-order valence-electron chi connectivity index (χ1n) is 6.93. The number of aryl methyl sites for hydroxylation is 1. The van der Waals surface area contributed by atoms with Gasteiger partial charge in [-0.1, -0.05) is 12.1 Å². The summed E-state index contributed by atoms with van der Waals surface area (Å²) in [7, 11) is 3.00. The number of phenols is 1. The third kappa shape index (κ3) is 3.63. The summed E-state index contributed by atoms with van der Waals surface area (Å²) in [6, 6.07) is 10.1. The summed E-state index contributed by atoms with van der Waals surface area (Å²) in [6.07, 6.45) is 1.54. The fourth-order valence-corrected chi connectivity index (χ4v) is 2.22.